The summed E-state index contributed by atoms with van der Waals surface area (Å²) in [5, 5.41) is 13.4. The third-order valence-electron chi connectivity index (χ3n) is 4.88. The minimum absolute atomic E-state index is 0.528. The first-order chi connectivity index (χ1) is 9.34. The number of nitrogens with two attached hydrogens (primary N) is 1. The Morgan fingerprint density at radius 3 is 2.47 bits per heavy atom. The number of nitrogen functional groups attached to an aromatic ring is 1. The van der Waals surface area contributed by atoms with Crippen LogP contribution in [0.15, 0.2) is 0 Å². The fourth-order valence-corrected chi connectivity index (χ4v) is 3.87. The lowest BCUT2D eigenvalue weighted by atomic mass is 10.0. The van der Waals surface area contributed by atoms with E-state index < -0.39 is 0 Å². The number of hydrogen-bond donors (Lipinski definition) is 2. The third-order valence-corrected chi connectivity index (χ3v) is 4.88. The van der Waals surface area contributed by atoms with Crippen LogP contribution in [0.4, 0.5) is 5.82 Å². The zero-order valence-electron chi connectivity index (χ0n) is 11.2. The van der Waals surface area contributed by atoms with Crippen LogP contribution >= 0.6 is 0 Å². The van der Waals surface area contributed by atoms with Gasteiger partial charge in [-0.15, -0.1) is 0 Å². The molecule has 5 nitrogen and oxygen atoms in total. The Labute approximate surface area is 112 Å². The maximum atomic E-state index is 6.09. The number of nitrogens with zero attached hydrogens (tertiary/aromatic N) is 3. The molecule has 0 bridgehead atoms. The first-order valence-corrected chi connectivity index (χ1v) is 7.56. The van der Waals surface area contributed by atoms with Gasteiger partial charge in [0.1, 0.15) is 5.82 Å². The van der Waals surface area contributed by atoms with E-state index in [-0.39, 0.29) is 0 Å². The summed E-state index contributed by atoms with van der Waals surface area (Å²) in [4.78, 5) is 0. The minimum atomic E-state index is 0.528. The molecule has 5 heteroatoms. The Morgan fingerprint density at radius 2 is 1.74 bits per heavy atom. The topological polar surface area (TPSA) is 72.5 Å². The van der Waals surface area contributed by atoms with E-state index in [1.165, 1.54) is 57.1 Å². The summed E-state index contributed by atoms with van der Waals surface area (Å²) in [7, 11) is 0. The van der Waals surface area contributed by atoms with Crippen LogP contribution in [-0.2, 0) is 0 Å². The van der Waals surface area contributed by atoms with Gasteiger partial charge < -0.3 is 5.73 Å². The van der Waals surface area contributed by atoms with Crippen LogP contribution in [0.5, 0.6) is 0 Å². The molecule has 0 spiro atoms. The van der Waals surface area contributed by atoms with Gasteiger partial charge in [0.2, 0.25) is 0 Å². The second-order valence-electron chi connectivity index (χ2n) is 6.09. The second kappa shape index (κ2) is 4.25. The van der Waals surface area contributed by atoms with Crippen molar-refractivity contribution in [2.75, 3.05) is 5.73 Å². The Morgan fingerprint density at radius 1 is 1.05 bits per heavy atom. The number of hydrogen-bond acceptors (Lipinski definition) is 3. The number of aromatic amines is 1. The highest BCUT2D eigenvalue weighted by Gasteiger charge is 2.29. The van der Waals surface area contributed by atoms with Gasteiger partial charge in [-0.05, 0) is 25.7 Å². The third kappa shape index (κ3) is 1.67. The minimum Gasteiger partial charge on any atom is -0.383 e. The van der Waals surface area contributed by atoms with Crippen molar-refractivity contribution in [2.24, 2.45) is 0 Å². The van der Waals surface area contributed by atoms with Gasteiger partial charge in [0.05, 0.1) is 17.1 Å². The van der Waals surface area contributed by atoms with E-state index in [2.05, 4.69) is 14.9 Å². The molecule has 0 aromatic carbocycles. The molecule has 102 valence electrons. The van der Waals surface area contributed by atoms with E-state index in [9.17, 15) is 0 Å². The largest absolute Gasteiger partial charge is 0.383 e. The number of nitrogens with one attached hydrogen (secondary N) is 1. The molecule has 2 aliphatic rings. The highest BCUT2D eigenvalue weighted by atomic mass is 15.4. The second-order valence-corrected chi connectivity index (χ2v) is 6.09. The van der Waals surface area contributed by atoms with Crippen LogP contribution in [0.2, 0.25) is 0 Å². The van der Waals surface area contributed by atoms with Gasteiger partial charge in [-0.25, -0.2) is 4.68 Å². The lowest BCUT2D eigenvalue weighted by Gasteiger charge is -2.10. The molecule has 0 aliphatic heterocycles. The Kier molecular flexibility index (Phi) is 2.53. The van der Waals surface area contributed by atoms with Crippen molar-refractivity contribution >= 4 is 16.9 Å². The molecule has 2 heterocycles. The highest BCUT2D eigenvalue weighted by Crippen LogP contribution is 2.40. The average molecular weight is 259 g/mol. The van der Waals surface area contributed by atoms with Crippen LogP contribution < -0.4 is 5.73 Å². The van der Waals surface area contributed by atoms with E-state index in [4.69, 9.17) is 10.8 Å². The summed E-state index contributed by atoms with van der Waals surface area (Å²) in [6.07, 6.45) is 10.2. The van der Waals surface area contributed by atoms with Crippen LogP contribution in [0.1, 0.15) is 69.0 Å². The molecule has 2 fully saturated rings. The van der Waals surface area contributed by atoms with E-state index in [0.717, 1.165) is 11.0 Å². The van der Waals surface area contributed by atoms with Crippen LogP contribution in [0.25, 0.3) is 11.0 Å². The van der Waals surface area contributed by atoms with Crippen molar-refractivity contribution in [1.29, 1.82) is 0 Å². The summed E-state index contributed by atoms with van der Waals surface area (Å²) in [5.74, 6) is 1.28. The molecule has 0 atom stereocenters. The first kappa shape index (κ1) is 11.3. The van der Waals surface area contributed by atoms with E-state index in [1.54, 1.807) is 0 Å². The molecular formula is C14H21N5. The van der Waals surface area contributed by atoms with Crippen molar-refractivity contribution in [3.63, 3.8) is 0 Å². The maximum Gasteiger partial charge on any atom is 0.182 e. The fourth-order valence-electron chi connectivity index (χ4n) is 3.87. The smallest absolute Gasteiger partial charge is 0.182 e. The van der Waals surface area contributed by atoms with Crippen LogP contribution in [0, 0.1) is 0 Å². The van der Waals surface area contributed by atoms with Gasteiger partial charge in [-0.3, -0.25) is 5.10 Å². The van der Waals surface area contributed by atoms with Gasteiger partial charge in [-0.2, -0.15) is 10.2 Å². The molecule has 2 aromatic heterocycles. The van der Waals surface area contributed by atoms with E-state index >= 15 is 0 Å². The quantitative estimate of drug-likeness (QED) is 0.870. The first-order valence-electron chi connectivity index (χ1n) is 7.56. The van der Waals surface area contributed by atoms with Gasteiger partial charge >= 0.3 is 0 Å². The van der Waals surface area contributed by atoms with Crippen LogP contribution in [0.3, 0.4) is 0 Å². The molecule has 19 heavy (non-hydrogen) atoms. The van der Waals surface area contributed by atoms with Gasteiger partial charge in [0.15, 0.2) is 5.65 Å². The molecule has 2 aliphatic carbocycles. The molecule has 2 saturated carbocycles. The van der Waals surface area contributed by atoms with Crippen molar-refractivity contribution in [1.82, 2.24) is 20.0 Å². The maximum absolute atomic E-state index is 6.09. The average Bonchev–Trinajstić information content (AvgIpc) is 3.15. The normalized spacial score (nSPS) is 21.9. The molecule has 4 rings (SSSR count). The standard InChI is InChI=1S/C14H21N5/c15-13-11-12(9-5-1-2-6-9)18-19(14(11)17-16-13)10-7-3-4-8-10/h9-10H,1-8H2,(H3,15,16,17). The van der Waals surface area contributed by atoms with Crippen molar-refractivity contribution in [3.05, 3.63) is 5.69 Å². The van der Waals surface area contributed by atoms with Crippen molar-refractivity contribution in [3.8, 4) is 0 Å². The summed E-state index contributed by atoms with van der Waals surface area (Å²) >= 11 is 0. The number of H-pyrrole nitrogens is 1. The summed E-state index contributed by atoms with van der Waals surface area (Å²) in [5.41, 5.74) is 8.26. The Bertz CT molecular complexity index is 584. The Balaban J connectivity index is 1.85. The zero-order valence-corrected chi connectivity index (χ0v) is 11.2. The SMILES string of the molecule is Nc1[nH]nc2c1c(C1CCCC1)nn2C1CCCC1. The van der Waals surface area contributed by atoms with E-state index in [1.807, 2.05) is 0 Å². The molecule has 0 saturated heterocycles. The van der Waals surface area contributed by atoms with Gasteiger partial charge in [-0.1, -0.05) is 25.7 Å². The molecule has 0 radical (unpaired) electrons. The summed E-state index contributed by atoms with van der Waals surface area (Å²) in [6, 6.07) is 0.528. The number of aromatic nitrogens is 4. The summed E-state index contributed by atoms with van der Waals surface area (Å²) in [6.45, 7) is 0. The summed E-state index contributed by atoms with van der Waals surface area (Å²) < 4.78 is 2.16. The molecular weight excluding hydrogens is 238 g/mol. The predicted octanol–water partition coefficient (Wildman–Crippen LogP) is 3.11. The molecule has 2 aromatic rings. The predicted molar refractivity (Wildman–Crippen MR) is 75.0 cm³/mol. The van der Waals surface area contributed by atoms with Crippen molar-refractivity contribution < 1.29 is 0 Å². The van der Waals surface area contributed by atoms with E-state index in [0.29, 0.717) is 17.8 Å². The number of fused-ring (bicyclic) bond motifs is 1. The Hall–Kier alpha value is -1.52. The van der Waals surface area contributed by atoms with Gasteiger partial charge in [0.25, 0.3) is 0 Å². The highest BCUT2D eigenvalue weighted by molar-refractivity contribution is 5.89. The van der Waals surface area contributed by atoms with Gasteiger partial charge in [0, 0.05) is 5.92 Å². The molecule has 3 N–H and O–H groups in total. The lowest BCUT2D eigenvalue weighted by Crippen LogP contribution is -2.08. The zero-order chi connectivity index (χ0) is 12.8. The van der Waals surface area contributed by atoms with Crippen LogP contribution in [-0.4, -0.2) is 20.0 Å². The number of rotatable bonds is 2. The lowest BCUT2D eigenvalue weighted by molar-refractivity contribution is 0.468. The molecule has 0 amide bonds. The molecule has 0 unspecified atom stereocenters. The monoisotopic (exact) mass is 259 g/mol. The fraction of sp³-hybridized carbons (Fsp3) is 0.714. The van der Waals surface area contributed by atoms with Crippen molar-refractivity contribution in [2.45, 2.75) is 63.3 Å². The number of anilines is 1.